The molecule has 1 fully saturated rings. The molecule has 0 spiro atoms. The summed E-state index contributed by atoms with van der Waals surface area (Å²) in [7, 11) is -2.80. The summed E-state index contributed by atoms with van der Waals surface area (Å²) in [5.41, 5.74) is 1.68. The lowest BCUT2D eigenvalue weighted by atomic mass is 9.98. The van der Waals surface area contributed by atoms with Gasteiger partial charge in [-0.3, -0.25) is 0 Å². The first-order chi connectivity index (χ1) is 19.4. The van der Waals surface area contributed by atoms with Crippen LogP contribution in [-0.2, 0) is 20.5 Å². The predicted octanol–water partition coefficient (Wildman–Crippen LogP) is 6.12. The van der Waals surface area contributed by atoms with Gasteiger partial charge in [0.25, 0.3) is 8.32 Å². The molecule has 3 aromatic carbocycles. The van der Waals surface area contributed by atoms with Crippen LogP contribution in [0.25, 0.3) is 0 Å². The summed E-state index contributed by atoms with van der Waals surface area (Å²) in [6, 6.07) is 35.7. The van der Waals surface area contributed by atoms with Crippen LogP contribution in [0.1, 0.15) is 39.2 Å². The van der Waals surface area contributed by atoms with E-state index in [9.17, 15) is 5.26 Å². The van der Waals surface area contributed by atoms with E-state index in [1.807, 2.05) is 36.4 Å². The van der Waals surface area contributed by atoms with Crippen LogP contribution in [0.3, 0.4) is 0 Å². The van der Waals surface area contributed by atoms with Crippen molar-refractivity contribution in [1.29, 1.82) is 10.5 Å². The molecule has 0 heterocycles. The summed E-state index contributed by atoms with van der Waals surface area (Å²) in [5.74, 6) is 0.0697. The van der Waals surface area contributed by atoms with E-state index in [2.05, 4.69) is 87.5 Å². The molecule has 1 unspecified atom stereocenters. The minimum absolute atomic E-state index is 0.0303. The van der Waals surface area contributed by atoms with E-state index in [0.29, 0.717) is 25.2 Å². The van der Waals surface area contributed by atoms with Crippen molar-refractivity contribution in [2.75, 3.05) is 13.2 Å². The largest absolute Gasteiger partial charge is 0.485 e. The fraction of sp³-hybridized carbons (Fsp3) is 0.353. The van der Waals surface area contributed by atoms with Gasteiger partial charge in [0.1, 0.15) is 6.07 Å². The Bertz CT molecular complexity index is 1290. The number of nitriles is 2. The molecule has 0 bridgehead atoms. The van der Waals surface area contributed by atoms with Gasteiger partial charge in [0.05, 0.1) is 37.2 Å². The molecule has 1 saturated carbocycles. The smallest absolute Gasteiger partial charge is 0.261 e. The lowest BCUT2D eigenvalue weighted by Gasteiger charge is -2.45. The minimum atomic E-state index is -2.80. The first kappa shape index (κ1) is 29.3. The molecule has 4 rings (SSSR count). The van der Waals surface area contributed by atoms with Gasteiger partial charge in [-0.15, -0.1) is 0 Å². The van der Waals surface area contributed by atoms with Crippen molar-refractivity contribution in [2.24, 2.45) is 11.8 Å². The number of nitrogens with zero attached hydrogens (tertiary/aromatic N) is 2. The molecule has 5 nitrogen and oxygen atoms in total. The van der Waals surface area contributed by atoms with Gasteiger partial charge in [-0.05, 0) is 39.7 Å². The van der Waals surface area contributed by atoms with E-state index in [4.69, 9.17) is 19.2 Å². The Hall–Kier alpha value is -3.68. The van der Waals surface area contributed by atoms with Crippen molar-refractivity contribution in [3.05, 3.63) is 108 Å². The fourth-order valence-electron chi connectivity index (χ4n) is 5.86. The van der Waals surface area contributed by atoms with E-state index in [1.54, 1.807) is 0 Å². The molecule has 3 aromatic rings. The normalized spacial score (nSPS) is 19.5. The van der Waals surface area contributed by atoms with E-state index in [-0.39, 0.29) is 29.6 Å². The Morgan fingerprint density at radius 3 is 1.98 bits per heavy atom. The van der Waals surface area contributed by atoms with E-state index >= 15 is 0 Å². The quantitative estimate of drug-likeness (QED) is 0.124. The van der Waals surface area contributed by atoms with Gasteiger partial charge in [0.2, 0.25) is 0 Å². The van der Waals surface area contributed by atoms with Gasteiger partial charge in [-0.1, -0.05) is 112 Å². The third-order valence-corrected chi connectivity index (χ3v) is 12.8. The number of hydrogen-bond acceptors (Lipinski definition) is 5. The lowest BCUT2D eigenvalue weighted by Crippen LogP contribution is -2.68. The molecule has 206 valence electrons. The van der Waals surface area contributed by atoms with Crippen molar-refractivity contribution >= 4 is 18.7 Å². The molecule has 0 radical (unpaired) electrons. The maximum Gasteiger partial charge on any atom is 0.261 e. The third kappa shape index (κ3) is 6.72. The van der Waals surface area contributed by atoms with E-state index in [1.165, 1.54) is 16.6 Å². The van der Waals surface area contributed by atoms with Crippen LogP contribution in [-0.4, -0.2) is 27.6 Å². The molecule has 0 aromatic heterocycles. The molecule has 0 saturated heterocycles. The average Bonchev–Trinajstić information content (AvgIpc) is 3.37. The van der Waals surface area contributed by atoms with Crippen molar-refractivity contribution in [1.82, 2.24) is 0 Å². The molecule has 6 heteroatoms. The van der Waals surface area contributed by atoms with Crippen molar-refractivity contribution < 1.29 is 13.9 Å². The van der Waals surface area contributed by atoms with Crippen molar-refractivity contribution in [3.63, 3.8) is 0 Å². The Morgan fingerprint density at radius 2 is 1.45 bits per heavy atom. The standard InChI is InChI=1S/C34H38N2O3Si/c1-34(2,3)40(31-15-9-5-10-16-31,32-17-11-6-12-18-32)39-33-22-28(30(23-36)26-37-20-19-35)21-29(33)25-38-24-27-13-7-4-8-14-27/h4-18,26,28-29,33H,20-22,24-25H2,1-3H3/t28?,29-,33+/m0/s1. The summed E-state index contributed by atoms with van der Waals surface area (Å²) >= 11 is 0. The number of rotatable bonds is 11. The highest BCUT2D eigenvalue weighted by molar-refractivity contribution is 6.99. The van der Waals surface area contributed by atoms with E-state index in [0.717, 1.165) is 12.0 Å². The van der Waals surface area contributed by atoms with Gasteiger partial charge in [0, 0.05) is 5.92 Å². The molecule has 40 heavy (non-hydrogen) atoms. The molecule has 3 atom stereocenters. The second-order valence-electron chi connectivity index (χ2n) is 11.4. The summed E-state index contributed by atoms with van der Waals surface area (Å²) < 4.78 is 19.1. The van der Waals surface area contributed by atoms with Crippen LogP contribution in [0.4, 0.5) is 0 Å². The first-order valence-electron chi connectivity index (χ1n) is 13.9. The SMILES string of the molecule is CC(C)(C)[Si](O[C@@H]1CC(C(C#N)=COCC#N)C[C@H]1COCc1ccccc1)(c1ccccc1)c1ccccc1. The molecule has 0 amide bonds. The second kappa shape index (κ2) is 13.6. The van der Waals surface area contributed by atoms with Crippen molar-refractivity contribution in [2.45, 2.75) is 51.4 Å². The monoisotopic (exact) mass is 550 g/mol. The Balaban J connectivity index is 1.70. The molecule has 1 aliphatic rings. The summed E-state index contributed by atoms with van der Waals surface area (Å²) in [5, 5.41) is 21.2. The predicted molar refractivity (Wildman–Crippen MR) is 160 cm³/mol. The first-order valence-corrected chi connectivity index (χ1v) is 15.8. The highest BCUT2D eigenvalue weighted by atomic mass is 28.4. The molecule has 1 aliphatic carbocycles. The topological polar surface area (TPSA) is 75.3 Å². The average molecular weight is 551 g/mol. The summed E-state index contributed by atoms with van der Waals surface area (Å²) in [6.45, 7) is 7.82. The second-order valence-corrected chi connectivity index (χ2v) is 15.7. The summed E-state index contributed by atoms with van der Waals surface area (Å²) in [4.78, 5) is 0. The van der Waals surface area contributed by atoms with Gasteiger partial charge < -0.3 is 13.9 Å². The zero-order valence-corrected chi connectivity index (χ0v) is 24.6. The number of hydrogen-bond donors (Lipinski definition) is 0. The Kier molecular flexibility index (Phi) is 9.96. The minimum Gasteiger partial charge on any atom is -0.485 e. The highest BCUT2D eigenvalue weighted by Crippen LogP contribution is 2.44. The maximum absolute atomic E-state index is 9.96. The van der Waals surface area contributed by atoms with Gasteiger partial charge in [-0.25, -0.2) is 0 Å². The number of allylic oxidation sites excluding steroid dienone is 1. The van der Waals surface area contributed by atoms with Crippen LogP contribution in [0.15, 0.2) is 103 Å². The fourth-order valence-corrected chi connectivity index (χ4v) is 10.6. The summed E-state index contributed by atoms with van der Waals surface area (Å²) in [6.07, 6.45) is 2.80. The Labute approximate surface area is 239 Å². The van der Waals surface area contributed by atoms with Crippen LogP contribution >= 0.6 is 0 Å². The van der Waals surface area contributed by atoms with Crippen LogP contribution < -0.4 is 10.4 Å². The number of benzene rings is 3. The molecule has 0 N–H and O–H groups in total. The van der Waals surface area contributed by atoms with Gasteiger partial charge in [0.15, 0.2) is 6.61 Å². The van der Waals surface area contributed by atoms with Crippen LogP contribution in [0, 0.1) is 34.5 Å². The Morgan fingerprint density at radius 1 is 0.875 bits per heavy atom. The molecular weight excluding hydrogens is 512 g/mol. The van der Waals surface area contributed by atoms with Crippen LogP contribution in [0.2, 0.25) is 5.04 Å². The van der Waals surface area contributed by atoms with Crippen LogP contribution in [0.5, 0.6) is 0 Å². The van der Waals surface area contributed by atoms with Gasteiger partial charge >= 0.3 is 0 Å². The zero-order chi connectivity index (χ0) is 28.4. The molecule has 0 aliphatic heterocycles. The van der Waals surface area contributed by atoms with Crippen molar-refractivity contribution in [3.8, 4) is 12.1 Å². The third-order valence-electron chi connectivity index (χ3n) is 7.75. The maximum atomic E-state index is 9.96. The number of ether oxygens (including phenoxy) is 2. The van der Waals surface area contributed by atoms with Gasteiger partial charge in [-0.2, -0.15) is 10.5 Å². The zero-order valence-electron chi connectivity index (χ0n) is 23.6. The van der Waals surface area contributed by atoms with E-state index < -0.39 is 8.32 Å². The highest BCUT2D eigenvalue weighted by Gasteiger charge is 2.53. The molecular formula is C34H38N2O3Si. The lowest BCUT2D eigenvalue weighted by molar-refractivity contribution is 0.0427.